The Balaban J connectivity index is 1.83. The molecule has 16 heavy (non-hydrogen) atoms. The van der Waals surface area contributed by atoms with E-state index in [0.29, 0.717) is 0 Å². The first-order chi connectivity index (χ1) is 7.66. The molecule has 1 fully saturated rings. The van der Waals surface area contributed by atoms with Crippen molar-refractivity contribution in [3.05, 3.63) is 0 Å². The van der Waals surface area contributed by atoms with Gasteiger partial charge in [0.2, 0.25) is 0 Å². The minimum absolute atomic E-state index is 0.902. The van der Waals surface area contributed by atoms with E-state index in [2.05, 4.69) is 35.8 Å². The molecule has 0 aromatic heterocycles. The van der Waals surface area contributed by atoms with Gasteiger partial charge in [-0.05, 0) is 24.7 Å². The van der Waals surface area contributed by atoms with E-state index in [4.69, 9.17) is 0 Å². The highest BCUT2D eigenvalue weighted by Crippen LogP contribution is 2.29. The van der Waals surface area contributed by atoms with Gasteiger partial charge >= 0.3 is 0 Å². The Morgan fingerprint density at radius 1 is 1.25 bits per heavy atom. The Bertz CT molecular complexity index is 252. The molecule has 0 aromatic rings. The summed E-state index contributed by atoms with van der Waals surface area (Å²) in [6.45, 7) is 5.72. The van der Waals surface area contributed by atoms with E-state index >= 15 is 0 Å². The lowest BCUT2D eigenvalue weighted by molar-refractivity contribution is 0.237. The zero-order chi connectivity index (χ0) is 11.5. The highest BCUT2D eigenvalue weighted by atomic mass is 15.4. The van der Waals surface area contributed by atoms with Gasteiger partial charge < -0.3 is 9.80 Å². The van der Waals surface area contributed by atoms with Crippen molar-refractivity contribution in [3.63, 3.8) is 0 Å². The molecule has 3 heteroatoms. The molecular formula is C13H25N3. The average molecular weight is 223 g/mol. The van der Waals surface area contributed by atoms with Crippen LogP contribution in [0.15, 0.2) is 4.99 Å². The molecule has 0 aromatic carbocycles. The lowest BCUT2D eigenvalue weighted by Gasteiger charge is -2.32. The summed E-state index contributed by atoms with van der Waals surface area (Å²) in [5.41, 5.74) is 0. The van der Waals surface area contributed by atoms with E-state index in [9.17, 15) is 0 Å². The normalized spacial score (nSPS) is 30.4. The summed E-state index contributed by atoms with van der Waals surface area (Å²) >= 11 is 0. The Morgan fingerprint density at radius 3 is 2.56 bits per heavy atom. The third kappa shape index (κ3) is 2.69. The fourth-order valence-corrected chi connectivity index (χ4v) is 2.89. The van der Waals surface area contributed by atoms with Gasteiger partial charge in [-0.1, -0.05) is 19.8 Å². The van der Waals surface area contributed by atoms with Crippen LogP contribution in [-0.2, 0) is 0 Å². The van der Waals surface area contributed by atoms with Crippen LogP contribution in [-0.4, -0.2) is 49.5 Å². The van der Waals surface area contributed by atoms with E-state index in [1.165, 1.54) is 38.2 Å². The SMILES string of the molecule is CC1CCC(CN2CCN=C2N(C)C)CC1. The Hall–Kier alpha value is -0.730. The van der Waals surface area contributed by atoms with Crippen molar-refractivity contribution in [1.82, 2.24) is 9.80 Å². The van der Waals surface area contributed by atoms with Crippen molar-refractivity contribution < 1.29 is 0 Å². The molecule has 0 unspecified atom stereocenters. The molecule has 0 atom stereocenters. The van der Waals surface area contributed by atoms with Gasteiger partial charge in [0, 0.05) is 27.2 Å². The van der Waals surface area contributed by atoms with Crippen molar-refractivity contribution >= 4 is 5.96 Å². The Labute approximate surface area is 99.5 Å². The van der Waals surface area contributed by atoms with Crippen LogP contribution < -0.4 is 0 Å². The third-order valence-corrected chi connectivity index (χ3v) is 3.92. The van der Waals surface area contributed by atoms with Crippen LogP contribution in [0.5, 0.6) is 0 Å². The molecule has 1 saturated carbocycles. The monoisotopic (exact) mass is 223 g/mol. The molecule has 1 aliphatic heterocycles. The van der Waals surface area contributed by atoms with Gasteiger partial charge in [-0.3, -0.25) is 4.99 Å². The van der Waals surface area contributed by atoms with Gasteiger partial charge in [-0.2, -0.15) is 0 Å². The summed E-state index contributed by atoms with van der Waals surface area (Å²) < 4.78 is 0. The summed E-state index contributed by atoms with van der Waals surface area (Å²) in [6.07, 6.45) is 5.68. The number of hydrogen-bond donors (Lipinski definition) is 0. The van der Waals surface area contributed by atoms with Crippen molar-refractivity contribution in [1.29, 1.82) is 0 Å². The highest BCUT2D eigenvalue weighted by molar-refractivity contribution is 5.81. The summed E-state index contributed by atoms with van der Waals surface area (Å²) in [4.78, 5) is 9.19. The molecule has 1 aliphatic carbocycles. The predicted octanol–water partition coefficient (Wildman–Crippen LogP) is 2.05. The van der Waals surface area contributed by atoms with Crippen molar-refractivity contribution in [2.45, 2.75) is 32.6 Å². The third-order valence-electron chi connectivity index (χ3n) is 3.92. The van der Waals surface area contributed by atoms with Crippen LogP contribution in [0.25, 0.3) is 0 Å². The molecule has 0 amide bonds. The molecule has 92 valence electrons. The second kappa shape index (κ2) is 5.07. The lowest BCUT2D eigenvalue weighted by Crippen LogP contribution is -2.40. The van der Waals surface area contributed by atoms with Crippen molar-refractivity contribution in [2.75, 3.05) is 33.7 Å². The van der Waals surface area contributed by atoms with Crippen LogP contribution in [0.3, 0.4) is 0 Å². The first kappa shape index (κ1) is 11.7. The molecule has 0 spiro atoms. The number of hydrogen-bond acceptors (Lipinski definition) is 3. The maximum atomic E-state index is 4.57. The lowest BCUT2D eigenvalue weighted by atomic mass is 9.83. The smallest absolute Gasteiger partial charge is 0.196 e. The Morgan fingerprint density at radius 2 is 1.94 bits per heavy atom. The zero-order valence-corrected chi connectivity index (χ0v) is 10.9. The highest BCUT2D eigenvalue weighted by Gasteiger charge is 2.24. The van der Waals surface area contributed by atoms with E-state index in [0.717, 1.165) is 24.9 Å². The Kier molecular flexibility index (Phi) is 3.72. The van der Waals surface area contributed by atoms with E-state index in [1.54, 1.807) is 0 Å². The second-order valence-electron chi connectivity index (χ2n) is 5.65. The minimum atomic E-state index is 0.902. The van der Waals surface area contributed by atoms with Gasteiger partial charge in [0.1, 0.15) is 0 Å². The second-order valence-corrected chi connectivity index (χ2v) is 5.65. The van der Waals surface area contributed by atoms with Gasteiger partial charge in [0.25, 0.3) is 0 Å². The quantitative estimate of drug-likeness (QED) is 0.713. The number of rotatable bonds is 2. The number of nitrogens with zero attached hydrogens (tertiary/aromatic N) is 3. The van der Waals surface area contributed by atoms with Gasteiger partial charge in [0.15, 0.2) is 5.96 Å². The van der Waals surface area contributed by atoms with Crippen molar-refractivity contribution in [3.8, 4) is 0 Å². The molecule has 0 radical (unpaired) electrons. The van der Waals surface area contributed by atoms with Gasteiger partial charge in [-0.15, -0.1) is 0 Å². The van der Waals surface area contributed by atoms with Crippen molar-refractivity contribution in [2.24, 2.45) is 16.8 Å². The average Bonchev–Trinajstić information content (AvgIpc) is 2.69. The van der Waals surface area contributed by atoms with Gasteiger partial charge in [0.05, 0.1) is 6.54 Å². The number of guanidine groups is 1. The van der Waals surface area contributed by atoms with E-state index < -0.39 is 0 Å². The molecule has 2 aliphatic rings. The summed E-state index contributed by atoms with van der Waals surface area (Å²) in [7, 11) is 4.19. The fraction of sp³-hybridized carbons (Fsp3) is 0.923. The van der Waals surface area contributed by atoms with E-state index in [1.807, 2.05) is 0 Å². The molecule has 2 rings (SSSR count). The minimum Gasteiger partial charge on any atom is -0.349 e. The molecule has 3 nitrogen and oxygen atoms in total. The number of aliphatic imine (C=N–C) groups is 1. The largest absolute Gasteiger partial charge is 0.349 e. The van der Waals surface area contributed by atoms with Gasteiger partial charge in [-0.25, -0.2) is 0 Å². The van der Waals surface area contributed by atoms with Crippen LogP contribution in [0.2, 0.25) is 0 Å². The zero-order valence-electron chi connectivity index (χ0n) is 10.9. The van der Waals surface area contributed by atoms with Crippen LogP contribution in [0.1, 0.15) is 32.6 Å². The molecule has 0 bridgehead atoms. The van der Waals surface area contributed by atoms with E-state index in [-0.39, 0.29) is 0 Å². The first-order valence-electron chi connectivity index (χ1n) is 6.63. The first-order valence-corrected chi connectivity index (χ1v) is 6.63. The maximum absolute atomic E-state index is 4.57. The van der Waals surface area contributed by atoms with Crippen LogP contribution >= 0.6 is 0 Å². The molecule has 0 N–H and O–H groups in total. The standard InChI is InChI=1S/C13H25N3/c1-11-4-6-12(7-5-11)10-16-9-8-14-13(16)15(2)3/h11-12H,4-10H2,1-3H3. The van der Waals surface area contributed by atoms with Crippen LogP contribution in [0.4, 0.5) is 0 Å². The predicted molar refractivity (Wildman–Crippen MR) is 68.7 cm³/mol. The molecular weight excluding hydrogens is 198 g/mol. The summed E-state index contributed by atoms with van der Waals surface area (Å²) in [5, 5.41) is 0. The van der Waals surface area contributed by atoms with Crippen LogP contribution in [0, 0.1) is 11.8 Å². The topological polar surface area (TPSA) is 18.8 Å². The maximum Gasteiger partial charge on any atom is 0.196 e. The summed E-state index contributed by atoms with van der Waals surface area (Å²) in [5.74, 6) is 3.05. The molecule has 1 heterocycles. The molecule has 0 saturated heterocycles. The summed E-state index contributed by atoms with van der Waals surface area (Å²) in [6, 6.07) is 0. The fourth-order valence-electron chi connectivity index (χ4n) is 2.89.